The van der Waals surface area contributed by atoms with E-state index >= 15 is 0 Å². The Labute approximate surface area is 179 Å². The van der Waals surface area contributed by atoms with Gasteiger partial charge >= 0.3 is 0 Å². The number of methoxy groups -OCH3 is 1. The van der Waals surface area contributed by atoms with Crippen molar-refractivity contribution in [3.05, 3.63) is 39.7 Å². The molecular formula is C19H23ClN2O5S2. The molecule has 10 heteroatoms. The van der Waals surface area contributed by atoms with E-state index in [0.717, 1.165) is 17.7 Å². The molecule has 0 spiro atoms. The average Bonchev–Trinajstić information content (AvgIpc) is 3.40. The van der Waals surface area contributed by atoms with Crippen LogP contribution in [-0.2, 0) is 16.6 Å². The quantitative estimate of drug-likeness (QED) is 0.654. The number of rotatable bonds is 8. The molecule has 0 aliphatic carbocycles. The molecule has 1 amide bonds. The van der Waals surface area contributed by atoms with Crippen LogP contribution in [0.3, 0.4) is 0 Å². The lowest BCUT2D eigenvalue weighted by Crippen LogP contribution is -2.27. The van der Waals surface area contributed by atoms with Gasteiger partial charge in [-0.1, -0.05) is 11.6 Å². The average molecular weight is 459 g/mol. The zero-order chi connectivity index (χ0) is 21.0. The van der Waals surface area contributed by atoms with Crippen LogP contribution in [-0.4, -0.2) is 45.4 Å². The number of hydrogen-bond acceptors (Lipinski definition) is 6. The van der Waals surface area contributed by atoms with E-state index in [9.17, 15) is 13.2 Å². The Balaban J connectivity index is 1.68. The van der Waals surface area contributed by atoms with Gasteiger partial charge in [0.05, 0.1) is 25.3 Å². The van der Waals surface area contributed by atoms with Crippen molar-refractivity contribution in [1.82, 2.24) is 9.62 Å². The fourth-order valence-electron chi connectivity index (χ4n) is 3.05. The Bertz CT molecular complexity index is 984. The molecule has 0 bridgehead atoms. The lowest BCUT2D eigenvalue weighted by atomic mass is 10.2. The molecule has 29 heavy (non-hydrogen) atoms. The van der Waals surface area contributed by atoms with Crippen LogP contribution in [0, 0.1) is 0 Å². The van der Waals surface area contributed by atoms with Gasteiger partial charge in [-0.05, 0) is 44.0 Å². The maximum absolute atomic E-state index is 12.6. The first-order chi connectivity index (χ1) is 13.9. The van der Waals surface area contributed by atoms with Crippen molar-refractivity contribution in [3.63, 3.8) is 0 Å². The molecule has 0 saturated carbocycles. The van der Waals surface area contributed by atoms with Gasteiger partial charge < -0.3 is 14.8 Å². The summed E-state index contributed by atoms with van der Waals surface area (Å²) in [7, 11) is -1.97. The standard InChI is InChI=1S/C19H23ClN2O5S2/c1-3-27-18-15(20)10-13(11-16(18)26-2)19(23)21-12-14-6-7-17(28-14)29(24,25)22-8-4-5-9-22/h6-7,10-11H,3-5,8-9,12H2,1-2H3,(H,21,23). The summed E-state index contributed by atoms with van der Waals surface area (Å²) in [5, 5.41) is 3.07. The molecule has 1 aliphatic rings. The molecule has 2 aromatic rings. The molecule has 1 aliphatic heterocycles. The minimum atomic E-state index is -3.44. The predicted octanol–water partition coefficient (Wildman–Crippen LogP) is 3.52. The Morgan fingerprint density at radius 3 is 2.66 bits per heavy atom. The zero-order valence-corrected chi connectivity index (χ0v) is 18.6. The largest absolute Gasteiger partial charge is 0.493 e. The summed E-state index contributed by atoms with van der Waals surface area (Å²) in [4.78, 5) is 13.3. The number of ether oxygens (including phenoxy) is 2. The molecule has 158 valence electrons. The van der Waals surface area contributed by atoms with Gasteiger partial charge in [-0.25, -0.2) is 8.42 Å². The molecular weight excluding hydrogens is 436 g/mol. The van der Waals surface area contributed by atoms with Crippen LogP contribution < -0.4 is 14.8 Å². The van der Waals surface area contributed by atoms with Gasteiger partial charge in [0.15, 0.2) is 11.5 Å². The van der Waals surface area contributed by atoms with Crippen LogP contribution in [0.5, 0.6) is 11.5 Å². The van der Waals surface area contributed by atoms with Crippen LogP contribution in [0.2, 0.25) is 5.02 Å². The zero-order valence-electron chi connectivity index (χ0n) is 16.2. The minimum Gasteiger partial charge on any atom is -0.493 e. The van der Waals surface area contributed by atoms with E-state index in [1.54, 1.807) is 18.2 Å². The fraction of sp³-hybridized carbons (Fsp3) is 0.421. The number of amides is 1. The maximum atomic E-state index is 12.6. The summed E-state index contributed by atoms with van der Waals surface area (Å²) in [6.45, 7) is 3.59. The smallest absolute Gasteiger partial charge is 0.252 e. The van der Waals surface area contributed by atoms with E-state index in [0.29, 0.717) is 41.0 Å². The molecule has 0 unspecified atom stereocenters. The van der Waals surface area contributed by atoms with Crippen LogP contribution >= 0.6 is 22.9 Å². The number of nitrogens with one attached hydrogen (secondary N) is 1. The Morgan fingerprint density at radius 1 is 1.28 bits per heavy atom. The van der Waals surface area contributed by atoms with Crippen LogP contribution in [0.1, 0.15) is 35.0 Å². The molecule has 1 saturated heterocycles. The molecule has 0 radical (unpaired) electrons. The van der Waals surface area contributed by atoms with Crippen molar-refractivity contribution in [2.45, 2.75) is 30.5 Å². The third kappa shape index (κ3) is 4.85. The maximum Gasteiger partial charge on any atom is 0.252 e. The van der Waals surface area contributed by atoms with E-state index < -0.39 is 10.0 Å². The first-order valence-electron chi connectivity index (χ1n) is 9.24. The second kappa shape index (κ2) is 9.34. The van der Waals surface area contributed by atoms with Gasteiger partial charge in [-0.3, -0.25) is 4.79 Å². The van der Waals surface area contributed by atoms with Gasteiger partial charge in [0.25, 0.3) is 15.9 Å². The number of carbonyl (C=O) groups excluding carboxylic acids is 1. The Hall–Kier alpha value is -1.81. The normalized spacial score (nSPS) is 14.7. The third-order valence-corrected chi connectivity index (χ3v) is 8.23. The molecule has 1 aromatic heterocycles. The minimum absolute atomic E-state index is 0.214. The van der Waals surface area contributed by atoms with Crippen LogP contribution in [0.4, 0.5) is 0 Å². The van der Waals surface area contributed by atoms with E-state index in [1.807, 2.05) is 6.92 Å². The first-order valence-corrected chi connectivity index (χ1v) is 11.9. The highest BCUT2D eigenvalue weighted by Gasteiger charge is 2.28. The van der Waals surface area contributed by atoms with E-state index in [4.69, 9.17) is 21.1 Å². The third-order valence-electron chi connectivity index (χ3n) is 4.50. The lowest BCUT2D eigenvalue weighted by molar-refractivity contribution is 0.0951. The second-order valence-corrected chi connectivity index (χ2v) is 10.2. The van der Waals surface area contributed by atoms with E-state index in [2.05, 4.69) is 5.32 Å². The summed E-state index contributed by atoms with van der Waals surface area (Å²) in [6, 6.07) is 6.39. The van der Waals surface area contributed by atoms with Gasteiger partial charge in [0.2, 0.25) is 0 Å². The number of hydrogen-bond donors (Lipinski definition) is 1. The topological polar surface area (TPSA) is 84.9 Å². The summed E-state index contributed by atoms with van der Waals surface area (Å²) >= 11 is 7.38. The van der Waals surface area contributed by atoms with Crippen molar-refractivity contribution in [2.75, 3.05) is 26.8 Å². The predicted molar refractivity (Wildman–Crippen MR) is 113 cm³/mol. The number of nitrogens with zero attached hydrogens (tertiary/aromatic N) is 1. The monoisotopic (exact) mass is 458 g/mol. The van der Waals surface area contributed by atoms with Gasteiger partial charge in [-0.15, -0.1) is 11.3 Å². The number of benzene rings is 1. The molecule has 2 heterocycles. The van der Waals surface area contributed by atoms with Crippen LogP contribution in [0.25, 0.3) is 0 Å². The molecule has 1 N–H and O–H groups in total. The number of sulfonamides is 1. The highest BCUT2D eigenvalue weighted by molar-refractivity contribution is 7.91. The molecule has 1 aromatic carbocycles. The number of thiophene rings is 1. The van der Waals surface area contributed by atoms with Crippen molar-refractivity contribution >= 4 is 38.9 Å². The molecule has 0 atom stereocenters. The Kier molecular flexibility index (Phi) is 7.05. The van der Waals surface area contributed by atoms with Crippen LogP contribution in [0.15, 0.2) is 28.5 Å². The SMILES string of the molecule is CCOc1c(Cl)cc(C(=O)NCc2ccc(S(=O)(=O)N3CCCC3)s2)cc1OC. The number of halogens is 1. The lowest BCUT2D eigenvalue weighted by Gasteiger charge is -2.13. The summed E-state index contributed by atoms with van der Waals surface area (Å²) in [5.41, 5.74) is 0.330. The summed E-state index contributed by atoms with van der Waals surface area (Å²) < 4.78 is 37.7. The highest BCUT2D eigenvalue weighted by Crippen LogP contribution is 2.36. The van der Waals surface area contributed by atoms with Crippen molar-refractivity contribution < 1.29 is 22.7 Å². The summed E-state index contributed by atoms with van der Waals surface area (Å²) in [6.07, 6.45) is 1.78. The van der Waals surface area contributed by atoms with Gasteiger partial charge in [-0.2, -0.15) is 4.31 Å². The highest BCUT2D eigenvalue weighted by atomic mass is 35.5. The second-order valence-electron chi connectivity index (χ2n) is 6.44. The molecule has 3 rings (SSSR count). The Morgan fingerprint density at radius 2 is 2.00 bits per heavy atom. The van der Waals surface area contributed by atoms with Crippen molar-refractivity contribution in [1.29, 1.82) is 0 Å². The fourth-order valence-corrected chi connectivity index (χ4v) is 6.28. The van der Waals surface area contributed by atoms with Crippen molar-refractivity contribution in [3.8, 4) is 11.5 Å². The molecule has 7 nitrogen and oxygen atoms in total. The van der Waals surface area contributed by atoms with Gasteiger partial charge in [0, 0.05) is 23.5 Å². The molecule has 1 fully saturated rings. The first kappa shape index (κ1) is 21.9. The van der Waals surface area contributed by atoms with E-state index in [1.165, 1.54) is 28.8 Å². The number of carbonyl (C=O) groups is 1. The van der Waals surface area contributed by atoms with E-state index in [-0.39, 0.29) is 17.5 Å². The van der Waals surface area contributed by atoms with Crippen molar-refractivity contribution in [2.24, 2.45) is 0 Å². The summed E-state index contributed by atoms with van der Waals surface area (Å²) in [5.74, 6) is 0.424. The van der Waals surface area contributed by atoms with Gasteiger partial charge in [0.1, 0.15) is 4.21 Å².